The number of hydrogen-bond acceptors (Lipinski definition) is 4. The third-order valence-electron chi connectivity index (χ3n) is 2.59. The fourth-order valence-electron chi connectivity index (χ4n) is 1.56. The van der Waals surface area contributed by atoms with Gasteiger partial charge in [0.25, 0.3) is 5.91 Å². The van der Waals surface area contributed by atoms with E-state index in [1.807, 2.05) is 0 Å². The number of rotatable bonds is 3. The highest BCUT2D eigenvalue weighted by atomic mass is 16.2. The summed E-state index contributed by atoms with van der Waals surface area (Å²) in [5.41, 5.74) is 2.26. The number of benzene rings is 1. The number of nitrogens with zero attached hydrogens (tertiary/aromatic N) is 2. The largest absolute Gasteiger partial charge is 0.321 e. The van der Waals surface area contributed by atoms with Gasteiger partial charge in [0, 0.05) is 16.9 Å². The van der Waals surface area contributed by atoms with Crippen molar-refractivity contribution < 1.29 is 9.59 Å². The fraction of sp³-hybridized carbons (Fsp3) is 0.143. The Bertz CT molecular complexity index is 621. The zero-order valence-corrected chi connectivity index (χ0v) is 10.7. The minimum Gasteiger partial charge on any atom is -0.321 e. The van der Waals surface area contributed by atoms with E-state index in [0.29, 0.717) is 16.9 Å². The molecular formula is C14H13N3O2. The normalized spacial score (nSPS) is 10.0. The number of nitrogens with one attached hydrogen (secondary N) is 1. The standard InChI is InChI=1S/C14H13N3O2/c1-9-7-13(16-8-15-9)14(19)17-12-5-3-11(4-6-12)10(2)18/h3-8H,1-2H3,(H,17,19). The first-order valence-corrected chi connectivity index (χ1v) is 5.77. The van der Waals surface area contributed by atoms with Gasteiger partial charge in [-0.15, -0.1) is 0 Å². The number of hydrogen-bond donors (Lipinski definition) is 1. The average Bonchev–Trinajstić information content (AvgIpc) is 2.39. The van der Waals surface area contributed by atoms with Crippen LogP contribution in [0.25, 0.3) is 0 Å². The van der Waals surface area contributed by atoms with Crippen molar-refractivity contribution in [2.45, 2.75) is 13.8 Å². The molecule has 0 aliphatic rings. The van der Waals surface area contributed by atoms with Crippen molar-refractivity contribution in [3.05, 3.63) is 53.6 Å². The van der Waals surface area contributed by atoms with Crippen molar-refractivity contribution in [3.63, 3.8) is 0 Å². The minimum atomic E-state index is -0.305. The van der Waals surface area contributed by atoms with Crippen molar-refractivity contribution in [2.75, 3.05) is 5.32 Å². The van der Waals surface area contributed by atoms with Gasteiger partial charge in [-0.1, -0.05) is 0 Å². The quantitative estimate of drug-likeness (QED) is 0.854. The molecule has 1 aromatic carbocycles. The maximum absolute atomic E-state index is 11.9. The molecule has 96 valence electrons. The van der Waals surface area contributed by atoms with Crippen LogP contribution in [0.5, 0.6) is 0 Å². The van der Waals surface area contributed by atoms with Gasteiger partial charge >= 0.3 is 0 Å². The lowest BCUT2D eigenvalue weighted by atomic mass is 10.1. The molecule has 1 N–H and O–H groups in total. The molecule has 0 bridgehead atoms. The summed E-state index contributed by atoms with van der Waals surface area (Å²) in [5.74, 6) is -0.314. The van der Waals surface area contributed by atoms with Crippen LogP contribution < -0.4 is 5.32 Å². The highest BCUT2D eigenvalue weighted by Crippen LogP contribution is 2.11. The predicted octanol–water partition coefficient (Wildman–Crippen LogP) is 2.24. The molecule has 0 saturated carbocycles. The molecule has 2 rings (SSSR count). The molecule has 1 amide bonds. The number of carbonyl (C=O) groups excluding carboxylic acids is 2. The molecule has 0 unspecified atom stereocenters. The van der Waals surface area contributed by atoms with Gasteiger partial charge in [-0.3, -0.25) is 9.59 Å². The lowest BCUT2D eigenvalue weighted by molar-refractivity contribution is 0.101. The first-order chi connectivity index (χ1) is 9.06. The summed E-state index contributed by atoms with van der Waals surface area (Å²) in [6, 6.07) is 8.32. The summed E-state index contributed by atoms with van der Waals surface area (Å²) < 4.78 is 0. The van der Waals surface area contributed by atoms with Gasteiger partial charge in [0.15, 0.2) is 5.78 Å². The second-order valence-corrected chi connectivity index (χ2v) is 4.13. The van der Waals surface area contributed by atoms with Crippen molar-refractivity contribution in [1.29, 1.82) is 0 Å². The molecule has 0 aliphatic carbocycles. The molecule has 5 heteroatoms. The van der Waals surface area contributed by atoms with Crippen LogP contribution in [-0.2, 0) is 0 Å². The van der Waals surface area contributed by atoms with Gasteiger partial charge in [-0.25, -0.2) is 9.97 Å². The summed E-state index contributed by atoms with van der Waals surface area (Å²) >= 11 is 0. The SMILES string of the molecule is CC(=O)c1ccc(NC(=O)c2cc(C)ncn2)cc1. The summed E-state index contributed by atoms with van der Waals surface area (Å²) in [7, 11) is 0. The van der Waals surface area contributed by atoms with Crippen LogP contribution in [0.2, 0.25) is 0 Å². The Labute approximate surface area is 110 Å². The van der Waals surface area contributed by atoms with Crippen molar-refractivity contribution >= 4 is 17.4 Å². The second-order valence-electron chi connectivity index (χ2n) is 4.13. The Morgan fingerprint density at radius 1 is 1.11 bits per heavy atom. The zero-order valence-electron chi connectivity index (χ0n) is 10.7. The molecule has 0 radical (unpaired) electrons. The number of anilines is 1. The average molecular weight is 255 g/mol. The Hall–Kier alpha value is -2.56. The van der Waals surface area contributed by atoms with Crippen LogP contribution in [0.3, 0.4) is 0 Å². The predicted molar refractivity (Wildman–Crippen MR) is 71.2 cm³/mol. The fourth-order valence-corrected chi connectivity index (χ4v) is 1.56. The van der Waals surface area contributed by atoms with Gasteiger partial charge < -0.3 is 5.32 Å². The van der Waals surface area contributed by atoms with E-state index in [0.717, 1.165) is 5.69 Å². The van der Waals surface area contributed by atoms with Gasteiger partial charge in [-0.2, -0.15) is 0 Å². The summed E-state index contributed by atoms with van der Waals surface area (Å²) in [4.78, 5) is 30.9. The molecule has 1 aromatic heterocycles. The summed E-state index contributed by atoms with van der Waals surface area (Å²) in [6.45, 7) is 3.29. The molecule has 0 saturated heterocycles. The molecular weight excluding hydrogens is 242 g/mol. The number of amides is 1. The number of aromatic nitrogens is 2. The van der Waals surface area contributed by atoms with Gasteiger partial charge in [-0.05, 0) is 44.2 Å². The molecule has 0 aliphatic heterocycles. The van der Waals surface area contributed by atoms with E-state index in [1.54, 1.807) is 37.3 Å². The van der Waals surface area contributed by atoms with E-state index in [2.05, 4.69) is 15.3 Å². The number of Topliss-reactive ketones (excluding diaryl/α,β-unsaturated/α-hetero) is 1. The lowest BCUT2D eigenvalue weighted by Crippen LogP contribution is -2.14. The van der Waals surface area contributed by atoms with E-state index in [9.17, 15) is 9.59 Å². The van der Waals surface area contributed by atoms with Gasteiger partial charge in [0.2, 0.25) is 0 Å². The molecule has 0 spiro atoms. The second kappa shape index (κ2) is 5.39. The Morgan fingerprint density at radius 3 is 2.37 bits per heavy atom. The van der Waals surface area contributed by atoms with Crippen molar-refractivity contribution in [3.8, 4) is 0 Å². The molecule has 1 heterocycles. The van der Waals surface area contributed by atoms with E-state index >= 15 is 0 Å². The Kier molecular flexibility index (Phi) is 3.66. The third kappa shape index (κ3) is 3.22. The lowest BCUT2D eigenvalue weighted by Gasteiger charge is -2.05. The van der Waals surface area contributed by atoms with Crippen LogP contribution in [0.4, 0.5) is 5.69 Å². The number of carbonyl (C=O) groups is 2. The van der Waals surface area contributed by atoms with Crippen molar-refractivity contribution in [1.82, 2.24) is 9.97 Å². The Morgan fingerprint density at radius 2 is 1.79 bits per heavy atom. The van der Waals surface area contributed by atoms with Crippen LogP contribution in [0.15, 0.2) is 36.7 Å². The molecule has 5 nitrogen and oxygen atoms in total. The van der Waals surface area contributed by atoms with E-state index in [1.165, 1.54) is 13.3 Å². The van der Waals surface area contributed by atoms with E-state index < -0.39 is 0 Å². The molecule has 19 heavy (non-hydrogen) atoms. The molecule has 0 fully saturated rings. The highest BCUT2D eigenvalue weighted by Gasteiger charge is 2.08. The Balaban J connectivity index is 2.13. The summed E-state index contributed by atoms with van der Waals surface area (Å²) in [6.07, 6.45) is 1.35. The van der Waals surface area contributed by atoms with Gasteiger partial charge in [0.1, 0.15) is 12.0 Å². The molecule has 0 atom stereocenters. The van der Waals surface area contributed by atoms with Crippen LogP contribution in [0, 0.1) is 6.92 Å². The maximum Gasteiger partial charge on any atom is 0.274 e. The first kappa shape index (κ1) is 12.9. The van der Waals surface area contributed by atoms with Crippen LogP contribution in [0.1, 0.15) is 33.5 Å². The number of ketones is 1. The smallest absolute Gasteiger partial charge is 0.274 e. The summed E-state index contributed by atoms with van der Waals surface area (Å²) in [5, 5.41) is 2.71. The van der Waals surface area contributed by atoms with Crippen LogP contribution >= 0.6 is 0 Å². The molecule has 2 aromatic rings. The van der Waals surface area contributed by atoms with E-state index in [4.69, 9.17) is 0 Å². The van der Waals surface area contributed by atoms with Crippen molar-refractivity contribution in [2.24, 2.45) is 0 Å². The topological polar surface area (TPSA) is 72.0 Å². The van der Waals surface area contributed by atoms with Gasteiger partial charge in [0.05, 0.1) is 0 Å². The zero-order chi connectivity index (χ0) is 13.8. The minimum absolute atomic E-state index is 0.00991. The number of aryl methyl sites for hydroxylation is 1. The monoisotopic (exact) mass is 255 g/mol. The highest BCUT2D eigenvalue weighted by molar-refractivity contribution is 6.03. The van der Waals surface area contributed by atoms with E-state index in [-0.39, 0.29) is 11.7 Å². The maximum atomic E-state index is 11.9. The first-order valence-electron chi connectivity index (χ1n) is 5.77. The third-order valence-corrected chi connectivity index (χ3v) is 2.59. The van der Waals surface area contributed by atoms with Crippen LogP contribution in [-0.4, -0.2) is 21.7 Å².